The Kier molecular flexibility index (Phi) is 4.12. The topological polar surface area (TPSA) is 68.0 Å². The molecule has 94 valence electrons. The summed E-state index contributed by atoms with van der Waals surface area (Å²) in [6, 6.07) is 0. The van der Waals surface area contributed by atoms with Gasteiger partial charge in [0.25, 0.3) is 0 Å². The number of aromatic nitrogens is 1. The summed E-state index contributed by atoms with van der Waals surface area (Å²) in [5.74, 6) is 0.0737. The van der Waals surface area contributed by atoms with Gasteiger partial charge in [0, 0.05) is 30.3 Å². The van der Waals surface area contributed by atoms with Crippen LogP contribution in [0.5, 0.6) is 0 Å². The third-order valence-electron chi connectivity index (χ3n) is 3.30. The van der Waals surface area contributed by atoms with E-state index in [1.165, 1.54) is 0 Å². The number of nitrogens with one attached hydrogen (secondary N) is 1. The summed E-state index contributed by atoms with van der Waals surface area (Å²) < 4.78 is 0. The Bertz CT molecular complexity index is 358. The molecule has 3 N–H and O–H groups in total. The first-order valence-electron chi connectivity index (χ1n) is 6.11. The minimum Gasteiger partial charge on any atom is -0.356 e. The number of amides is 1. The molecular formula is C12H19N3OS. The van der Waals surface area contributed by atoms with Crippen LogP contribution in [0.15, 0.2) is 10.9 Å². The first-order chi connectivity index (χ1) is 8.18. The molecule has 1 amide bonds. The van der Waals surface area contributed by atoms with Crippen LogP contribution in [-0.2, 0) is 11.2 Å². The van der Waals surface area contributed by atoms with Crippen molar-refractivity contribution in [3.8, 4) is 0 Å². The maximum atomic E-state index is 11.7. The highest BCUT2D eigenvalue weighted by Gasteiger charge is 2.31. The molecule has 4 nitrogen and oxygen atoms in total. The van der Waals surface area contributed by atoms with Crippen molar-refractivity contribution in [2.45, 2.75) is 44.1 Å². The van der Waals surface area contributed by atoms with Crippen molar-refractivity contribution in [2.75, 3.05) is 6.54 Å². The fourth-order valence-corrected chi connectivity index (χ4v) is 2.92. The van der Waals surface area contributed by atoms with E-state index in [4.69, 9.17) is 5.73 Å². The van der Waals surface area contributed by atoms with Crippen LogP contribution in [0.1, 0.15) is 37.8 Å². The van der Waals surface area contributed by atoms with Crippen LogP contribution in [0.3, 0.4) is 0 Å². The van der Waals surface area contributed by atoms with E-state index < -0.39 is 0 Å². The summed E-state index contributed by atoms with van der Waals surface area (Å²) in [5, 5.41) is 4.93. The highest BCUT2D eigenvalue weighted by Crippen LogP contribution is 2.29. The second-order valence-electron chi connectivity index (χ2n) is 4.83. The van der Waals surface area contributed by atoms with Gasteiger partial charge in [0.15, 0.2) is 0 Å². The zero-order chi connectivity index (χ0) is 12.1. The molecule has 0 unspecified atom stereocenters. The average Bonchev–Trinajstić information content (AvgIpc) is 2.90. The second kappa shape index (κ2) is 5.60. The van der Waals surface area contributed by atoms with E-state index >= 15 is 0 Å². The Labute approximate surface area is 106 Å². The summed E-state index contributed by atoms with van der Waals surface area (Å²) in [6.45, 7) is 0.651. The van der Waals surface area contributed by atoms with E-state index in [1.54, 1.807) is 11.3 Å². The lowest BCUT2D eigenvalue weighted by Crippen LogP contribution is -2.42. The van der Waals surface area contributed by atoms with Crippen molar-refractivity contribution >= 4 is 17.2 Å². The van der Waals surface area contributed by atoms with Crippen molar-refractivity contribution < 1.29 is 4.79 Å². The summed E-state index contributed by atoms with van der Waals surface area (Å²) in [7, 11) is 0. The largest absolute Gasteiger partial charge is 0.356 e. The van der Waals surface area contributed by atoms with Gasteiger partial charge in [0.1, 0.15) is 0 Å². The SMILES string of the molecule is NC1(CC(=O)NCCc2cscn2)CCCC1. The third kappa shape index (κ3) is 3.78. The molecule has 1 aliphatic carbocycles. The highest BCUT2D eigenvalue weighted by molar-refractivity contribution is 7.07. The standard InChI is InChI=1S/C12H19N3OS/c13-12(4-1-2-5-12)7-11(16)14-6-3-10-8-17-9-15-10/h8-9H,1-7,13H2,(H,14,16). The first-order valence-corrected chi connectivity index (χ1v) is 7.05. The predicted octanol–water partition coefficient (Wildman–Crippen LogP) is 1.46. The van der Waals surface area contributed by atoms with Crippen LogP contribution < -0.4 is 11.1 Å². The molecule has 0 spiro atoms. The molecule has 0 saturated heterocycles. The zero-order valence-corrected chi connectivity index (χ0v) is 10.8. The number of nitrogens with zero attached hydrogens (tertiary/aromatic N) is 1. The maximum Gasteiger partial charge on any atom is 0.221 e. The van der Waals surface area contributed by atoms with E-state index in [2.05, 4.69) is 10.3 Å². The van der Waals surface area contributed by atoms with Crippen molar-refractivity contribution in [1.29, 1.82) is 0 Å². The monoisotopic (exact) mass is 253 g/mol. The molecular weight excluding hydrogens is 234 g/mol. The van der Waals surface area contributed by atoms with Crippen LogP contribution in [0, 0.1) is 0 Å². The summed E-state index contributed by atoms with van der Waals surface area (Å²) in [6.07, 6.45) is 5.53. The van der Waals surface area contributed by atoms with E-state index in [0.717, 1.165) is 37.8 Å². The van der Waals surface area contributed by atoms with E-state index in [0.29, 0.717) is 13.0 Å². The van der Waals surface area contributed by atoms with Gasteiger partial charge >= 0.3 is 0 Å². The Morgan fingerprint density at radius 2 is 2.29 bits per heavy atom. The second-order valence-corrected chi connectivity index (χ2v) is 5.54. The minimum atomic E-state index is -0.245. The molecule has 2 rings (SSSR count). The van der Waals surface area contributed by atoms with Crippen LogP contribution in [0.25, 0.3) is 0 Å². The first kappa shape index (κ1) is 12.5. The van der Waals surface area contributed by atoms with Gasteiger partial charge in [-0.05, 0) is 12.8 Å². The number of nitrogens with two attached hydrogens (primary N) is 1. The number of rotatable bonds is 5. The number of carbonyl (C=O) groups excluding carboxylic acids is 1. The predicted molar refractivity (Wildman–Crippen MR) is 68.8 cm³/mol. The van der Waals surface area contributed by atoms with Crippen LogP contribution >= 0.6 is 11.3 Å². The number of thiazole rings is 1. The average molecular weight is 253 g/mol. The fraction of sp³-hybridized carbons (Fsp3) is 0.667. The lowest BCUT2D eigenvalue weighted by Gasteiger charge is -2.22. The molecule has 0 aromatic carbocycles. The molecule has 0 aliphatic heterocycles. The lowest BCUT2D eigenvalue weighted by atomic mass is 9.94. The molecule has 5 heteroatoms. The molecule has 1 heterocycles. The number of hydrogen-bond donors (Lipinski definition) is 2. The van der Waals surface area contributed by atoms with Crippen molar-refractivity contribution in [3.63, 3.8) is 0 Å². The third-order valence-corrected chi connectivity index (χ3v) is 3.93. The van der Waals surface area contributed by atoms with Gasteiger partial charge in [-0.1, -0.05) is 12.8 Å². The number of hydrogen-bond acceptors (Lipinski definition) is 4. The molecule has 1 fully saturated rings. The van der Waals surface area contributed by atoms with Crippen molar-refractivity contribution in [3.05, 3.63) is 16.6 Å². The van der Waals surface area contributed by atoms with Gasteiger partial charge in [-0.25, -0.2) is 4.98 Å². The van der Waals surface area contributed by atoms with Gasteiger partial charge in [-0.2, -0.15) is 0 Å². The molecule has 0 atom stereocenters. The molecule has 1 saturated carbocycles. The van der Waals surface area contributed by atoms with Crippen molar-refractivity contribution in [2.24, 2.45) is 5.73 Å². The normalized spacial score (nSPS) is 18.2. The Balaban J connectivity index is 1.67. The van der Waals surface area contributed by atoms with E-state index in [9.17, 15) is 4.79 Å². The smallest absolute Gasteiger partial charge is 0.221 e. The van der Waals surface area contributed by atoms with Crippen LogP contribution in [0.4, 0.5) is 0 Å². The van der Waals surface area contributed by atoms with Gasteiger partial charge in [0.05, 0.1) is 11.2 Å². The van der Waals surface area contributed by atoms with E-state index in [1.807, 2.05) is 10.9 Å². The quantitative estimate of drug-likeness (QED) is 0.835. The van der Waals surface area contributed by atoms with Gasteiger partial charge < -0.3 is 11.1 Å². The molecule has 0 bridgehead atoms. The molecule has 17 heavy (non-hydrogen) atoms. The molecule has 1 aromatic heterocycles. The van der Waals surface area contributed by atoms with Gasteiger partial charge in [0.2, 0.25) is 5.91 Å². The minimum absolute atomic E-state index is 0.0737. The summed E-state index contributed by atoms with van der Waals surface area (Å²) >= 11 is 1.58. The Hall–Kier alpha value is -0.940. The Morgan fingerprint density at radius 3 is 2.94 bits per heavy atom. The van der Waals surface area contributed by atoms with Crippen LogP contribution in [-0.4, -0.2) is 23.0 Å². The maximum absolute atomic E-state index is 11.7. The van der Waals surface area contributed by atoms with E-state index in [-0.39, 0.29) is 11.4 Å². The highest BCUT2D eigenvalue weighted by atomic mass is 32.1. The fourth-order valence-electron chi connectivity index (χ4n) is 2.33. The number of carbonyl (C=O) groups is 1. The molecule has 0 radical (unpaired) electrons. The molecule has 1 aliphatic rings. The van der Waals surface area contributed by atoms with Crippen molar-refractivity contribution in [1.82, 2.24) is 10.3 Å². The zero-order valence-electron chi connectivity index (χ0n) is 9.95. The molecule has 1 aromatic rings. The Morgan fingerprint density at radius 1 is 1.53 bits per heavy atom. The van der Waals surface area contributed by atoms with Gasteiger partial charge in [-0.3, -0.25) is 4.79 Å². The summed E-state index contributed by atoms with van der Waals surface area (Å²) in [5.41, 5.74) is 8.76. The van der Waals surface area contributed by atoms with Crippen LogP contribution in [0.2, 0.25) is 0 Å². The lowest BCUT2D eigenvalue weighted by molar-refractivity contribution is -0.122. The van der Waals surface area contributed by atoms with Gasteiger partial charge in [-0.15, -0.1) is 11.3 Å². The summed E-state index contributed by atoms with van der Waals surface area (Å²) in [4.78, 5) is 15.9.